The molecule has 0 spiro atoms. The van der Waals surface area contributed by atoms with E-state index in [0.717, 1.165) is 0 Å². The second-order valence-corrected chi connectivity index (χ2v) is 6.61. The molecule has 4 heteroatoms. The Hall–Kier alpha value is -0.610. The van der Waals surface area contributed by atoms with E-state index in [0.29, 0.717) is 32.0 Å². The van der Waals surface area contributed by atoms with E-state index in [-0.39, 0.29) is 17.1 Å². The number of esters is 1. The highest BCUT2D eigenvalue weighted by Crippen LogP contribution is 2.18. The molecule has 0 aromatic carbocycles. The van der Waals surface area contributed by atoms with Crippen LogP contribution in [0, 0.1) is 5.92 Å². The maximum absolute atomic E-state index is 11.5. The van der Waals surface area contributed by atoms with E-state index in [1.54, 1.807) is 0 Å². The van der Waals surface area contributed by atoms with E-state index >= 15 is 0 Å². The van der Waals surface area contributed by atoms with Crippen LogP contribution in [-0.2, 0) is 14.3 Å². The van der Waals surface area contributed by atoms with E-state index in [9.17, 15) is 4.79 Å². The van der Waals surface area contributed by atoms with Crippen LogP contribution in [0.2, 0.25) is 0 Å². The zero-order valence-electron chi connectivity index (χ0n) is 12.7. The second-order valence-electron chi connectivity index (χ2n) is 6.61. The molecule has 0 saturated carbocycles. The molecular weight excluding hydrogens is 230 g/mol. The summed E-state index contributed by atoms with van der Waals surface area (Å²) in [7, 11) is 0. The lowest BCUT2D eigenvalue weighted by Gasteiger charge is -2.29. The van der Waals surface area contributed by atoms with Crippen molar-refractivity contribution < 1.29 is 14.3 Å². The zero-order valence-corrected chi connectivity index (χ0v) is 12.7. The van der Waals surface area contributed by atoms with E-state index in [2.05, 4.69) is 0 Å². The number of rotatable bonds is 8. The number of carbonyl (C=O) groups is 1. The van der Waals surface area contributed by atoms with Crippen molar-refractivity contribution in [3.63, 3.8) is 0 Å². The van der Waals surface area contributed by atoms with Crippen LogP contribution < -0.4 is 5.73 Å². The van der Waals surface area contributed by atoms with Crippen molar-refractivity contribution in [3.8, 4) is 0 Å². The van der Waals surface area contributed by atoms with Gasteiger partial charge >= 0.3 is 5.97 Å². The van der Waals surface area contributed by atoms with E-state index in [1.807, 2.05) is 41.5 Å². The maximum Gasteiger partial charge on any atom is 0.305 e. The van der Waals surface area contributed by atoms with Crippen LogP contribution in [-0.4, -0.2) is 30.3 Å². The summed E-state index contributed by atoms with van der Waals surface area (Å²) in [6.45, 7) is 12.8. The lowest BCUT2D eigenvalue weighted by Crippen LogP contribution is -2.41. The van der Waals surface area contributed by atoms with E-state index < -0.39 is 0 Å². The third-order valence-corrected chi connectivity index (χ3v) is 2.34. The highest BCUT2D eigenvalue weighted by Gasteiger charge is 2.23. The third kappa shape index (κ3) is 10.5. The van der Waals surface area contributed by atoms with Crippen molar-refractivity contribution in [3.05, 3.63) is 0 Å². The molecule has 18 heavy (non-hydrogen) atoms. The molecule has 0 bridgehead atoms. The van der Waals surface area contributed by atoms with Gasteiger partial charge in [0.15, 0.2) is 0 Å². The predicted molar refractivity (Wildman–Crippen MR) is 73.3 cm³/mol. The summed E-state index contributed by atoms with van der Waals surface area (Å²) in [4.78, 5) is 11.5. The summed E-state index contributed by atoms with van der Waals surface area (Å²) in [5.41, 5.74) is 5.16. The molecule has 0 fully saturated rings. The van der Waals surface area contributed by atoms with Crippen LogP contribution >= 0.6 is 0 Å². The van der Waals surface area contributed by atoms with Crippen molar-refractivity contribution in [2.45, 2.75) is 65.5 Å². The van der Waals surface area contributed by atoms with Gasteiger partial charge in [0.2, 0.25) is 0 Å². The Morgan fingerprint density at radius 2 is 1.78 bits per heavy atom. The lowest BCUT2D eigenvalue weighted by atomic mass is 10.0. The molecule has 0 aromatic rings. The molecule has 0 radical (unpaired) electrons. The fourth-order valence-electron chi connectivity index (χ4n) is 1.19. The quantitative estimate of drug-likeness (QED) is 0.680. The molecule has 0 amide bonds. The highest BCUT2D eigenvalue weighted by atomic mass is 16.5. The summed E-state index contributed by atoms with van der Waals surface area (Å²) >= 11 is 0. The average Bonchev–Trinajstić information content (AvgIpc) is 2.20. The molecule has 0 atom stereocenters. The average molecular weight is 259 g/mol. The summed E-state index contributed by atoms with van der Waals surface area (Å²) < 4.78 is 10.9. The van der Waals surface area contributed by atoms with Gasteiger partial charge in [0.25, 0.3) is 0 Å². The van der Waals surface area contributed by atoms with Crippen LogP contribution in [0.1, 0.15) is 54.4 Å². The van der Waals surface area contributed by atoms with Crippen LogP contribution in [0.25, 0.3) is 0 Å². The molecule has 0 aliphatic rings. The largest absolute Gasteiger partial charge is 0.465 e. The van der Waals surface area contributed by atoms with Gasteiger partial charge in [0, 0.05) is 12.0 Å². The van der Waals surface area contributed by atoms with Crippen LogP contribution in [0.5, 0.6) is 0 Å². The standard InChI is InChI=1S/C14H29NO3/c1-11(2)9-17-12(16)7-8-14(5,6)18-10-13(3,4)15/h11H,7-10,15H2,1-6H3. The zero-order chi connectivity index (χ0) is 14.4. The summed E-state index contributed by atoms with van der Waals surface area (Å²) in [6, 6.07) is 0. The highest BCUT2D eigenvalue weighted by molar-refractivity contribution is 5.69. The maximum atomic E-state index is 11.5. The molecule has 0 aromatic heterocycles. The summed E-state index contributed by atoms with van der Waals surface area (Å²) in [5.74, 6) is 0.212. The Labute approximate surface area is 111 Å². The number of hydrogen-bond acceptors (Lipinski definition) is 4. The number of nitrogens with two attached hydrogens (primary N) is 1. The van der Waals surface area contributed by atoms with Crippen molar-refractivity contribution in [1.82, 2.24) is 0 Å². The van der Waals surface area contributed by atoms with Gasteiger partial charge in [0.05, 0.1) is 18.8 Å². The predicted octanol–water partition coefficient (Wildman–Crippen LogP) is 2.50. The Morgan fingerprint density at radius 1 is 1.22 bits per heavy atom. The van der Waals surface area contributed by atoms with Crippen molar-refractivity contribution in [1.29, 1.82) is 0 Å². The Morgan fingerprint density at radius 3 is 2.22 bits per heavy atom. The van der Waals surface area contributed by atoms with Gasteiger partial charge in [-0.3, -0.25) is 4.79 Å². The Balaban J connectivity index is 3.92. The fraction of sp³-hybridized carbons (Fsp3) is 0.929. The van der Waals surface area contributed by atoms with Gasteiger partial charge in [-0.25, -0.2) is 0 Å². The first-order valence-electron chi connectivity index (χ1n) is 6.60. The van der Waals surface area contributed by atoms with Crippen LogP contribution in [0.15, 0.2) is 0 Å². The molecule has 0 heterocycles. The minimum atomic E-state index is -0.354. The van der Waals surface area contributed by atoms with Gasteiger partial charge in [-0.05, 0) is 40.0 Å². The molecule has 0 saturated heterocycles. The molecule has 0 rings (SSSR count). The van der Waals surface area contributed by atoms with Crippen molar-refractivity contribution in [2.24, 2.45) is 11.7 Å². The molecule has 0 aliphatic heterocycles. The first-order chi connectivity index (χ1) is 8.02. The SMILES string of the molecule is CC(C)COC(=O)CCC(C)(C)OCC(C)(C)N. The normalized spacial score (nSPS) is 12.9. The lowest BCUT2D eigenvalue weighted by molar-refractivity contribution is -0.146. The minimum absolute atomic E-state index is 0.160. The smallest absolute Gasteiger partial charge is 0.305 e. The minimum Gasteiger partial charge on any atom is -0.465 e. The number of carbonyl (C=O) groups excluding carboxylic acids is 1. The first-order valence-corrected chi connectivity index (χ1v) is 6.60. The Bertz CT molecular complexity index is 254. The van der Waals surface area contributed by atoms with Gasteiger partial charge in [-0.15, -0.1) is 0 Å². The second kappa shape index (κ2) is 7.10. The Kier molecular flexibility index (Phi) is 6.86. The van der Waals surface area contributed by atoms with E-state index in [4.69, 9.17) is 15.2 Å². The molecule has 0 unspecified atom stereocenters. The van der Waals surface area contributed by atoms with Crippen LogP contribution in [0.4, 0.5) is 0 Å². The fourth-order valence-corrected chi connectivity index (χ4v) is 1.19. The van der Waals surface area contributed by atoms with Gasteiger partial charge in [-0.1, -0.05) is 13.8 Å². The number of hydrogen-bond donors (Lipinski definition) is 1. The third-order valence-electron chi connectivity index (χ3n) is 2.34. The van der Waals surface area contributed by atoms with Crippen molar-refractivity contribution in [2.75, 3.05) is 13.2 Å². The van der Waals surface area contributed by atoms with Gasteiger partial charge < -0.3 is 15.2 Å². The van der Waals surface area contributed by atoms with E-state index in [1.165, 1.54) is 0 Å². The monoisotopic (exact) mass is 259 g/mol. The van der Waals surface area contributed by atoms with Gasteiger partial charge in [0.1, 0.15) is 0 Å². The van der Waals surface area contributed by atoms with Gasteiger partial charge in [-0.2, -0.15) is 0 Å². The molecule has 108 valence electrons. The molecular formula is C14H29NO3. The van der Waals surface area contributed by atoms with Crippen molar-refractivity contribution >= 4 is 5.97 Å². The van der Waals surface area contributed by atoms with Crippen LogP contribution in [0.3, 0.4) is 0 Å². The molecule has 0 aliphatic carbocycles. The summed E-state index contributed by atoms with van der Waals surface area (Å²) in [6.07, 6.45) is 1.02. The number of ether oxygens (including phenoxy) is 2. The first kappa shape index (κ1) is 17.4. The summed E-state index contributed by atoms with van der Waals surface area (Å²) in [5, 5.41) is 0. The topological polar surface area (TPSA) is 61.5 Å². The molecule has 2 N–H and O–H groups in total. The molecule has 4 nitrogen and oxygen atoms in total.